The van der Waals surface area contributed by atoms with Crippen molar-refractivity contribution < 1.29 is 4.74 Å². The maximum atomic E-state index is 9.33. The number of anilines is 1. The van der Waals surface area contributed by atoms with Gasteiger partial charge in [-0.25, -0.2) is 0 Å². The molecule has 1 aliphatic heterocycles. The van der Waals surface area contributed by atoms with Gasteiger partial charge < -0.3 is 9.64 Å². The molecule has 114 valence electrons. The van der Waals surface area contributed by atoms with Crippen LogP contribution in [0.25, 0.3) is 10.8 Å². The molecular weight excluding hydrogens is 272 g/mol. The number of fused-ring (bicyclic) bond motifs is 1. The molecule has 0 bridgehead atoms. The molecule has 3 rings (SSSR count). The van der Waals surface area contributed by atoms with E-state index in [0.29, 0.717) is 12.0 Å². The van der Waals surface area contributed by atoms with Crippen LogP contribution in [-0.4, -0.2) is 26.3 Å². The Morgan fingerprint density at radius 3 is 2.73 bits per heavy atom. The Morgan fingerprint density at radius 2 is 2.00 bits per heavy atom. The molecule has 0 spiro atoms. The van der Waals surface area contributed by atoms with Crippen molar-refractivity contribution in [3.05, 3.63) is 42.0 Å². The summed E-state index contributed by atoms with van der Waals surface area (Å²) in [4.78, 5) is 2.47. The van der Waals surface area contributed by atoms with E-state index in [1.807, 2.05) is 24.3 Å². The minimum Gasteiger partial charge on any atom is -0.383 e. The minimum absolute atomic E-state index is 0.398. The van der Waals surface area contributed by atoms with Crippen LogP contribution >= 0.6 is 0 Å². The third-order valence-corrected chi connectivity index (χ3v) is 4.78. The summed E-state index contributed by atoms with van der Waals surface area (Å²) in [6.45, 7) is 4.10. The summed E-state index contributed by atoms with van der Waals surface area (Å²) in [6, 6.07) is 14.9. The molecule has 2 aromatic carbocycles. The molecule has 1 aliphatic rings. The van der Waals surface area contributed by atoms with Gasteiger partial charge in [-0.2, -0.15) is 5.26 Å². The molecule has 3 nitrogen and oxygen atoms in total. The van der Waals surface area contributed by atoms with Crippen LogP contribution in [0, 0.1) is 17.2 Å². The van der Waals surface area contributed by atoms with Crippen LogP contribution in [0.4, 0.5) is 5.69 Å². The molecular formula is C19H22N2O. The van der Waals surface area contributed by atoms with E-state index in [1.54, 1.807) is 7.11 Å². The smallest absolute Gasteiger partial charge is 0.0998 e. The van der Waals surface area contributed by atoms with Gasteiger partial charge in [-0.15, -0.1) is 0 Å². The Kier molecular flexibility index (Phi) is 4.31. The molecule has 1 saturated heterocycles. The van der Waals surface area contributed by atoms with Crippen molar-refractivity contribution in [2.24, 2.45) is 5.92 Å². The maximum Gasteiger partial charge on any atom is 0.0998 e. The van der Waals surface area contributed by atoms with Crippen molar-refractivity contribution in [3.8, 4) is 6.07 Å². The SMILES string of the molecule is COCC1C(C)CCCN1c1ccc(C#N)c2ccccc12. The number of methoxy groups -OCH3 is 1. The number of benzene rings is 2. The van der Waals surface area contributed by atoms with Crippen molar-refractivity contribution in [1.82, 2.24) is 0 Å². The molecule has 1 heterocycles. The van der Waals surface area contributed by atoms with E-state index < -0.39 is 0 Å². The maximum absolute atomic E-state index is 9.33. The summed E-state index contributed by atoms with van der Waals surface area (Å²) in [5, 5.41) is 11.5. The van der Waals surface area contributed by atoms with Gasteiger partial charge in [0, 0.05) is 30.1 Å². The lowest BCUT2D eigenvalue weighted by molar-refractivity contribution is 0.144. The Balaban J connectivity index is 2.11. The van der Waals surface area contributed by atoms with E-state index in [1.165, 1.54) is 18.5 Å². The van der Waals surface area contributed by atoms with Crippen LogP contribution < -0.4 is 4.90 Å². The number of hydrogen-bond donors (Lipinski definition) is 0. The van der Waals surface area contributed by atoms with Crippen LogP contribution in [0.5, 0.6) is 0 Å². The summed E-state index contributed by atoms with van der Waals surface area (Å²) in [5.74, 6) is 0.614. The second-order valence-corrected chi connectivity index (χ2v) is 6.13. The Labute approximate surface area is 132 Å². The fourth-order valence-corrected chi connectivity index (χ4v) is 3.60. The highest BCUT2D eigenvalue weighted by Gasteiger charge is 2.29. The highest BCUT2D eigenvalue weighted by molar-refractivity contribution is 5.98. The number of nitriles is 1. The summed E-state index contributed by atoms with van der Waals surface area (Å²) < 4.78 is 5.47. The molecule has 0 saturated carbocycles. The second kappa shape index (κ2) is 6.37. The second-order valence-electron chi connectivity index (χ2n) is 6.13. The summed E-state index contributed by atoms with van der Waals surface area (Å²) >= 11 is 0. The van der Waals surface area contributed by atoms with E-state index in [-0.39, 0.29) is 0 Å². The fraction of sp³-hybridized carbons (Fsp3) is 0.421. The van der Waals surface area contributed by atoms with Crippen molar-refractivity contribution in [2.75, 3.05) is 25.2 Å². The van der Waals surface area contributed by atoms with Gasteiger partial charge in [0.05, 0.1) is 24.3 Å². The lowest BCUT2D eigenvalue weighted by atomic mass is 9.90. The quantitative estimate of drug-likeness (QED) is 0.859. The lowest BCUT2D eigenvalue weighted by Crippen LogP contribution is -2.47. The lowest BCUT2D eigenvalue weighted by Gasteiger charge is -2.41. The molecule has 22 heavy (non-hydrogen) atoms. The minimum atomic E-state index is 0.398. The van der Waals surface area contributed by atoms with Gasteiger partial charge in [0.1, 0.15) is 0 Å². The average Bonchev–Trinajstić information content (AvgIpc) is 2.56. The van der Waals surface area contributed by atoms with E-state index in [2.05, 4.69) is 30.0 Å². The monoisotopic (exact) mass is 294 g/mol. The Bertz CT molecular complexity index is 704. The van der Waals surface area contributed by atoms with Gasteiger partial charge in [0.2, 0.25) is 0 Å². The van der Waals surface area contributed by atoms with Crippen LogP contribution in [0.15, 0.2) is 36.4 Å². The highest BCUT2D eigenvalue weighted by atomic mass is 16.5. The zero-order chi connectivity index (χ0) is 15.5. The van der Waals surface area contributed by atoms with E-state index in [4.69, 9.17) is 4.74 Å². The molecule has 0 N–H and O–H groups in total. The van der Waals surface area contributed by atoms with E-state index >= 15 is 0 Å². The highest BCUT2D eigenvalue weighted by Crippen LogP contribution is 2.35. The average molecular weight is 294 g/mol. The predicted molar refractivity (Wildman–Crippen MR) is 90.1 cm³/mol. The Morgan fingerprint density at radius 1 is 1.23 bits per heavy atom. The number of nitrogens with zero attached hydrogens (tertiary/aromatic N) is 2. The third kappa shape index (κ3) is 2.55. The first-order valence-electron chi connectivity index (χ1n) is 7.93. The number of ether oxygens (including phenoxy) is 1. The van der Waals surface area contributed by atoms with E-state index in [0.717, 1.165) is 29.5 Å². The summed E-state index contributed by atoms with van der Waals surface area (Å²) in [5.41, 5.74) is 1.97. The van der Waals surface area contributed by atoms with Crippen molar-refractivity contribution in [1.29, 1.82) is 5.26 Å². The molecule has 0 aliphatic carbocycles. The Hall–Kier alpha value is -2.05. The van der Waals surface area contributed by atoms with Gasteiger partial charge in [-0.3, -0.25) is 0 Å². The van der Waals surface area contributed by atoms with Crippen molar-refractivity contribution >= 4 is 16.5 Å². The van der Waals surface area contributed by atoms with Gasteiger partial charge in [-0.1, -0.05) is 31.2 Å². The predicted octanol–water partition coefficient (Wildman–Crippen LogP) is 3.96. The first-order valence-corrected chi connectivity index (χ1v) is 7.93. The summed E-state index contributed by atoms with van der Waals surface area (Å²) in [6.07, 6.45) is 2.45. The molecule has 0 radical (unpaired) electrons. The topological polar surface area (TPSA) is 36.3 Å². The standard InChI is InChI=1S/C19H22N2O/c1-14-6-5-11-21(19(14)13-22-2)18-10-9-15(12-20)16-7-3-4-8-17(16)18/h3-4,7-10,14,19H,5-6,11,13H2,1-2H3. The van der Waals surface area contributed by atoms with Crippen LogP contribution in [-0.2, 0) is 4.74 Å². The number of hydrogen-bond acceptors (Lipinski definition) is 3. The van der Waals surface area contributed by atoms with Gasteiger partial charge in [0.15, 0.2) is 0 Å². The van der Waals surface area contributed by atoms with Gasteiger partial charge in [0.25, 0.3) is 0 Å². The van der Waals surface area contributed by atoms with Crippen LogP contribution in [0.2, 0.25) is 0 Å². The number of rotatable bonds is 3. The van der Waals surface area contributed by atoms with Crippen LogP contribution in [0.1, 0.15) is 25.3 Å². The molecule has 1 fully saturated rings. The molecule has 0 aromatic heterocycles. The van der Waals surface area contributed by atoms with Crippen LogP contribution in [0.3, 0.4) is 0 Å². The van der Waals surface area contributed by atoms with Crippen molar-refractivity contribution in [3.63, 3.8) is 0 Å². The molecule has 3 heteroatoms. The zero-order valence-electron chi connectivity index (χ0n) is 13.2. The van der Waals surface area contributed by atoms with Crippen molar-refractivity contribution in [2.45, 2.75) is 25.8 Å². The first-order chi connectivity index (χ1) is 10.8. The van der Waals surface area contributed by atoms with Gasteiger partial charge in [-0.05, 0) is 30.9 Å². The molecule has 2 unspecified atom stereocenters. The van der Waals surface area contributed by atoms with Gasteiger partial charge >= 0.3 is 0 Å². The number of piperidine rings is 1. The summed E-state index contributed by atoms with van der Waals surface area (Å²) in [7, 11) is 1.77. The molecule has 2 atom stereocenters. The molecule has 0 amide bonds. The fourth-order valence-electron chi connectivity index (χ4n) is 3.60. The first kappa shape index (κ1) is 14.9. The van der Waals surface area contributed by atoms with E-state index in [9.17, 15) is 5.26 Å². The third-order valence-electron chi connectivity index (χ3n) is 4.78. The largest absolute Gasteiger partial charge is 0.383 e. The zero-order valence-corrected chi connectivity index (χ0v) is 13.2. The molecule has 2 aromatic rings. The normalized spacial score (nSPS) is 21.8.